The second kappa shape index (κ2) is 7.09. The van der Waals surface area contributed by atoms with E-state index in [-0.39, 0.29) is 0 Å². The summed E-state index contributed by atoms with van der Waals surface area (Å²) in [4.78, 5) is 0. The predicted octanol–water partition coefficient (Wildman–Crippen LogP) is 4.51. The standard InChI is InChI=1S/C17H20N2OS/c1-4-20-15-10-8-14(9-11-15)18-17(21)19-16-12(2)6-5-7-13(16)3/h5-11H,4H2,1-3H3,(H2,18,19,21). The van der Waals surface area contributed by atoms with Gasteiger partial charge in [-0.1, -0.05) is 18.2 Å². The van der Waals surface area contributed by atoms with E-state index in [1.165, 1.54) is 11.1 Å². The molecular weight excluding hydrogens is 280 g/mol. The number of hydrogen-bond donors (Lipinski definition) is 2. The summed E-state index contributed by atoms with van der Waals surface area (Å²) in [6.07, 6.45) is 0. The number of anilines is 2. The zero-order valence-electron chi connectivity index (χ0n) is 12.6. The van der Waals surface area contributed by atoms with E-state index >= 15 is 0 Å². The highest BCUT2D eigenvalue weighted by atomic mass is 32.1. The fourth-order valence-electron chi connectivity index (χ4n) is 2.09. The van der Waals surface area contributed by atoms with Crippen LogP contribution in [0.25, 0.3) is 0 Å². The lowest BCUT2D eigenvalue weighted by Crippen LogP contribution is -2.20. The van der Waals surface area contributed by atoms with Gasteiger partial charge in [0.2, 0.25) is 0 Å². The first kappa shape index (κ1) is 15.3. The second-order valence-corrected chi connectivity index (χ2v) is 5.21. The molecule has 2 aromatic rings. The molecule has 21 heavy (non-hydrogen) atoms. The molecule has 110 valence electrons. The number of para-hydroxylation sites is 1. The molecule has 0 aliphatic heterocycles. The molecule has 0 amide bonds. The highest BCUT2D eigenvalue weighted by Crippen LogP contribution is 2.20. The van der Waals surface area contributed by atoms with E-state index in [2.05, 4.69) is 36.6 Å². The fourth-order valence-corrected chi connectivity index (χ4v) is 2.31. The largest absolute Gasteiger partial charge is 0.494 e. The minimum Gasteiger partial charge on any atom is -0.494 e. The van der Waals surface area contributed by atoms with Crippen LogP contribution in [0.15, 0.2) is 42.5 Å². The zero-order valence-corrected chi connectivity index (χ0v) is 13.4. The summed E-state index contributed by atoms with van der Waals surface area (Å²) in [5, 5.41) is 7.01. The summed E-state index contributed by atoms with van der Waals surface area (Å²) in [5.74, 6) is 0.858. The van der Waals surface area contributed by atoms with Crippen molar-refractivity contribution in [2.24, 2.45) is 0 Å². The van der Waals surface area contributed by atoms with Crippen molar-refractivity contribution in [3.63, 3.8) is 0 Å². The molecule has 0 saturated heterocycles. The monoisotopic (exact) mass is 300 g/mol. The van der Waals surface area contributed by atoms with E-state index in [0.29, 0.717) is 11.7 Å². The van der Waals surface area contributed by atoms with E-state index < -0.39 is 0 Å². The highest BCUT2D eigenvalue weighted by Gasteiger charge is 2.04. The first-order valence-electron chi connectivity index (χ1n) is 6.97. The molecule has 0 saturated carbocycles. The van der Waals surface area contributed by atoms with Gasteiger partial charge in [-0.25, -0.2) is 0 Å². The van der Waals surface area contributed by atoms with Crippen LogP contribution in [0.4, 0.5) is 11.4 Å². The van der Waals surface area contributed by atoms with Gasteiger partial charge in [-0.3, -0.25) is 0 Å². The number of benzene rings is 2. The van der Waals surface area contributed by atoms with Gasteiger partial charge in [-0.15, -0.1) is 0 Å². The third kappa shape index (κ3) is 4.20. The Labute approximate surface area is 131 Å². The first-order valence-corrected chi connectivity index (χ1v) is 7.38. The molecule has 4 heteroatoms. The van der Waals surface area contributed by atoms with Gasteiger partial charge in [0.1, 0.15) is 5.75 Å². The molecule has 0 heterocycles. The summed E-state index contributed by atoms with van der Waals surface area (Å²) in [5.41, 5.74) is 4.33. The maximum Gasteiger partial charge on any atom is 0.175 e. The minimum atomic E-state index is 0.580. The summed E-state index contributed by atoms with van der Waals surface area (Å²) in [7, 11) is 0. The zero-order chi connectivity index (χ0) is 15.2. The predicted molar refractivity (Wildman–Crippen MR) is 93.4 cm³/mol. The fraction of sp³-hybridized carbons (Fsp3) is 0.235. The molecule has 0 aliphatic carbocycles. The molecule has 0 aromatic heterocycles. The average molecular weight is 300 g/mol. The van der Waals surface area contributed by atoms with Crippen molar-refractivity contribution >= 4 is 28.7 Å². The Morgan fingerprint density at radius 3 is 2.19 bits per heavy atom. The van der Waals surface area contributed by atoms with Gasteiger partial charge in [0.25, 0.3) is 0 Å². The Morgan fingerprint density at radius 2 is 1.62 bits per heavy atom. The first-order chi connectivity index (χ1) is 10.1. The summed E-state index contributed by atoms with van der Waals surface area (Å²) >= 11 is 5.37. The van der Waals surface area contributed by atoms with Crippen LogP contribution >= 0.6 is 12.2 Å². The summed E-state index contributed by atoms with van der Waals surface area (Å²) < 4.78 is 5.42. The van der Waals surface area contributed by atoms with Gasteiger partial charge in [-0.05, 0) is 68.4 Å². The van der Waals surface area contributed by atoms with E-state index in [1.54, 1.807) is 0 Å². The third-order valence-corrected chi connectivity index (χ3v) is 3.35. The van der Waals surface area contributed by atoms with Crippen LogP contribution in [-0.2, 0) is 0 Å². The summed E-state index contributed by atoms with van der Waals surface area (Å²) in [6, 6.07) is 13.9. The van der Waals surface area contributed by atoms with Gasteiger partial charge in [0.15, 0.2) is 5.11 Å². The molecule has 2 N–H and O–H groups in total. The van der Waals surface area contributed by atoms with Crippen molar-refractivity contribution in [3.8, 4) is 5.75 Å². The number of nitrogens with one attached hydrogen (secondary N) is 2. The average Bonchev–Trinajstić information content (AvgIpc) is 2.45. The molecule has 0 aliphatic rings. The molecule has 3 nitrogen and oxygen atoms in total. The van der Waals surface area contributed by atoms with Crippen molar-refractivity contribution in [1.29, 1.82) is 0 Å². The van der Waals surface area contributed by atoms with Gasteiger partial charge < -0.3 is 15.4 Å². The summed E-state index contributed by atoms with van der Waals surface area (Å²) in [6.45, 7) is 6.76. The molecule has 0 unspecified atom stereocenters. The van der Waals surface area contributed by atoms with E-state index in [9.17, 15) is 0 Å². The van der Waals surface area contributed by atoms with Crippen molar-refractivity contribution in [3.05, 3.63) is 53.6 Å². The van der Waals surface area contributed by atoms with Gasteiger partial charge >= 0.3 is 0 Å². The number of rotatable bonds is 4. The van der Waals surface area contributed by atoms with Crippen LogP contribution < -0.4 is 15.4 Å². The number of ether oxygens (including phenoxy) is 1. The quantitative estimate of drug-likeness (QED) is 0.814. The maximum absolute atomic E-state index is 5.42. The van der Waals surface area contributed by atoms with Gasteiger partial charge in [-0.2, -0.15) is 0 Å². The maximum atomic E-state index is 5.42. The van der Waals surface area contributed by atoms with Crippen molar-refractivity contribution in [2.45, 2.75) is 20.8 Å². The van der Waals surface area contributed by atoms with Crippen LogP contribution in [-0.4, -0.2) is 11.7 Å². The van der Waals surface area contributed by atoms with E-state index in [4.69, 9.17) is 17.0 Å². The van der Waals surface area contributed by atoms with Crippen LogP contribution in [0.2, 0.25) is 0 Å². The van der Waals surface area contributed by atoms with Crippen molar-refractivity contribution < 1.29 is 4.74 Å². The molecule has 0 spiro atoms. The van der Waals surface area contributed by atoms with Crippen LogP contribution in [0, 0.1) is 13.8 Å². The lowest BCUT2D eigenvalue weighted by molar-refractivity contribution is 0.340. The second-order valence-electron chi connectivity index (χ2n) is 4.80. The molecule has 0 radical (unpaired) electrons. The lowest BCUT2D eigenvalue weighted by atomic mass is 10.1. The molecule has 0 bridgehead atoms. The highest BCUT2D eigenvalue weighted by molar-refractivity contribution is 7.80. The molecular formula is C17H20N2OS. The Hall–Kier alpha value is -2.07. The topological polar surface area (TPSA) is 33.3 Å². The molecule has 2 aromatic carbocycles. The Balaban J connectivity index is 2.01. The Bertz CT molecular complexity index is 603. The van der Waals surface area contributed by atoms with Crippen molar-refractivity contribution in [2.75, 3.05) is 17.2 Å². The smallest absolute Gasteiger partial charge is 0.175 e. The number of hydrogen-bond acceptors (Lipinski definition) is 2. The third-order valence-electron chi connectivity index (χ3n) is 3.14. The van der Waals surface area contributed by atoms with Crippen LogP contribution in [0.1, 0.15) is 18.1 Å². The van der Waals surface area contributed by atoms with Crippen molar-refractivity contribution in [1.82, 2.24) is 0 Å². The number of aryl methyl sites for hydroxylation is 2. The Morgan fingerprint density at radius 1 is 1.00 bits per heavy atom. The van der Waals surface area contributed by atoms with E-state index in [1.807, 2.05) is 37.3 Å². The molecule has 2 rings (SSSR count). The lowest BCUT2D eigenvalue weighted by Gasteiger charge is -2.15. The normalized spacial score (nSPS) is 10.0. The number of thiocarbonyl (C=S) groups is 1. The molecule has 0 fully saturated rings. The SMILES string of the molecule is CCOc1ccc(NC(=S)Nc2c(C)cccc2C)cc1. The van der Waals surface area contributed by atoms with Gasteiger partial charge in [0, 0.05) is 11.4 Å². The van der Waals surface area contributed by atoms with Crippen LogP contribution in [0.3, 0.4) is 0 Å². The Kier molecular flexibility index (Phi) is 5.17. The van der Waals surface area contributed by atoms with E-state index in [0.717, 1.165) is 17.1 Å². The van der Waals surface area contributed by atoms with Crippen LogP contribution in [0.5, 0.6) is 5.75 Å². The van der Waals surface area contributed by atoms with Gasteiger partial charge in [0.05, 0.1) is 6.61 Å². The molecule has 0 atom stereocenters. The minimum absolute atomic E-state index is 0.580.